The summed E-state index contributed by atoms with van der Waals surface area (Å²) < 4.78 is 5.46. The quantitative estimate of drug-likeness (QED) is 0.717. The van der Waals surface area contributed by atoms with Crippen molar-refractivity contribution in [2.75, 3.05) is 25.0 Å². The summed E-state index contributed by atoms with van der Waals surface area (Å²) in [5, 5.41) is 14.0. The third kappa shape index (κ3) is 5.30. The Morgan fingerprint density at radius 2 is 2.29 bits per heavy atom. The molecule has 2 heterocycles. The van der Waals surface area contributed by atoms with Crippen LogP contribution in [0.15, 0.2) is 12.1 Å². The molecule has 1 amide bonds. The van der Waals surface area contributed by atoms with Gasteiger partial charge >= 0.3 is 0 Å². The largest absolute Gasteiger partial charge is 0.376 e. The van der Waals surface area contributed by atoms with Crippen molar-refractivity contribution in [3.8, 4) is 0 Å². The zero-order valence-corrected chi connectivity index (χ0v) is 12.6. The molecule has 0 saturated carbocycles. The van der Waals surface area contributed by atoms with E-state index in [4.69, 9.17) is 4.74 Å². The molecule has 6 nitrogen and oxygen atoms in total. The molecular formula is C15H24N4O2. The van der Waals surface area contributed by atoms with Gasteiger partial charge in [-0.3, -0.25) is 4.79 Å². The van der Waals surface area contributed by atoms with Crippen molar-refractivity contribution in [1.29, 1.82) is 0 Å². The number of unbranched alkanes of at least 4 members (excludes halogenated alkanes) is 2. The zero-order chi connectivity index (χ0) is 14.9. The molecule has 2 N–H and O–H groups in total. The topological polar surface area (TPSA) is 76.1 Å². The molecule has 1 aliphatic heterocycles. The summed E-state index contributed by atoms with van der Waals surface area (Å²) in [4.78, 5) is 11.9. The summed E-state index contributed by atoms with van der Waals surface area (Å²) in [5.74, 6) is 0.511. The van der Waals surface area contributed by atoms with Crippen LogP contribution in [0.1, 0.15) is 49.5 Å². The molecule has 0 bridgehead atoms. The second kappa shape index (κ2) is 8.56. The Balaban J connectivity index is 1.73. The molecule has 1 aromatic heterocycles. The van der Waals surface area contributed by atoms with E-state index in [1.54, 1.807) is 12.1 Å². The van der Waals surface area contributed by atoms with Crippen molar-refractivity contribution < 1.29 is 9.53 Å². The number of carbonyl (C=O) groups is 1. The fraction of sp³-hybridized carbons (Fsp3) is 0.667. The summed E-state index contributed by atoms with van der Waals surface area (Å²) in [7, 11) is 0. The van der Waals surface area contributed by atoms with Crippen molar-refractivity contribution in [3.05, 3.63) is 17.8 Å². The number of nitrogens with one attached hydrogen (secondary N) is 2. The molecule has 1 unspecified atom stereocenters. The molecule has 1 aromatic rings. The van der Waals surface area contributed by atoms with Gasteiger partial charge in [0.25, 0.3) is 5.91 Å². The summed E-state index contributed by atoms with van der Waals surface area (Å²) in [5.41, 5.74) is 0.340. The van der Waals surface area contributed by atoms with Gasteiger partial charge in [0.2, 0.25) is 0 Å². The molecule has 1 atom stereocenters. The summed E-state index contributed by atoms with van der Waals surface area (Å²) in [6.07, 6.45) is 5.72. The number of rotatable bonds is 8. The minimum absolute atomic E-state index is 0.140. The summed E-state index contributed by atoms with van der Waals surface area (Å²) in [6.45, 7) is 4.38. The van der Waals surface area contributed by atoms with E-state index in [0.29, 0.717) is 18.1 Å². The average Bonchev–Trinajstić information content (AvgIpc) is 3.03. The maximum atomic E-state index is 11.9. The van der Waals surface area contributed by atoms with E-state index in [-0.39, 0.29) is 12.0 Å². The average molecular weight is 292 g/mol. The number of aromatic nitrogens is 2. The van der Waals surface area contributed by atoms with Gasteiger partial charge < -0.3 is 15.4 Å². The van der Waals surface area contributed by atoms with Crippen LogP contribution < -0.4 is 10.6 Å². The van der Waals surface area contributed by atoms with Gasteiger partial charge in [-0.15, -0.1) is 10.2 Å². The Morgan fingerprint density at radius 3 is 2.95 bits per heavy atom. The molecule has 1 fully saturated rings. The Kier molecular flexibility index (Phi) is 6.40. The van der Waals surface area contributed by atoms with E-state index >= 15 is 0 Å². The van der Waals surface area contributed by atoms with Gasteiger partial charge in [0.15, 0.2) is 5.69 Å². The maximum absolute atomic E-state index is 11.9. The number of amides is 1. The van der Waals surface area contributed by atoms with E-state index in [9.17, 15) is 4.79 Å². The minimum atomic E-state index is -0.199. The monoisotopic (exact) mass is 292 g/mol. The molecule has 0 aliphatic carbocycles. The van der Waals surface area contributed by atoms with E-state index in [2.05, 4.69) is 27.8 Å². The summed E-state index contributed by atoms with van der Waals surface area (Å²) >= 11 is 0. The smallest absolute Gasteiger partial charge is 0.271 e. The maximum Gasteiger partial charge on any atom is 0.271 e. The molecule has 1 aliphatic rings. The van der Waals surface area contributed by atoms with Crippen LogP contribution in [0, 0.1) is 0 Å². The van der Waals surface area contributed by atoms with Crippen LogP contribution in [-0.4, -0.2) is 41.9 Å². The van der Waals surface area contributed by atoms with Gasteiger partial charge in [-0.25, -0.2) is 0 Å². The fourth-order valence-electron chi connectivity index (χ4n) is 2.24. The number of anilines is 1. The second-order valence-electron chi connectivity index (χ2n) is 5.28. The highest BCUT2D eigenvalue weighted by Crippen LogP contribution is 2.10. The SMILES string of the molecule is CCCCCNc1ccc(C(=O)NCC2CCCO2)nn1. The number of hydrogen-bond donors (Lipinski definition) is 2. The van der Waals surface area contributed by atoms with Gasteiger partial charge in [-0.1, -0.05) is 19.8 Å². The van der Waals surface area contributed by atoms with Gasteiger partial charge in [0, 0.05) is 19.7 Å². The predicted molar refractivity (Wildman–Crippen MR) is 81.4 cm³/mol. The Bertz CT molecular complexity index is 430. The van der Waals surface area contributed by atoms with Gasteiger partial charge in [-0.2, -0.15) is 0 Å². The van der Waals surface area contributed by atoms with Crippen LogP contribution in [0.2, 0.25) is 0 Å². The molecule has 0 radical (unpaired) electrons. The molecule has 6 heteroatoms. The van der Waals surface area contributed by atoms with Crippen LogP contribution in [-0.2, 0) is 4.74 Å². The lowest BCUT2D eigenvalue weighted by Crippen LogP contribution is -2.32. The highest BCUT2D eigenvalue weighted by molar-refractivity contribution is 5.92. The van der Waals surface area contributed by atoms with E-state index in [0.717, 1.165) is 32.4 Å². The zero-order valence-electron chi connectivity index (χ0n) is 12.6. The minimum Gasteiger partial charge on any atom is -0.376 e. The number of nitrogens with zero attached hydrogens (tertiary/aromatic N) is 2. The van der Waals surface area contributed by atoms with E-state index in [1.165, 1.54) is 12.8 Å². The first-order chi connectivity index (χ1) is 10.3. The lowest BCUT2D eigenvalue weighted by molar-refractivity contribution is 0.0853. The first kappa shape index (κ1) is 15.7. The van der Waals surface area contributed by atoms with Crippen LogP contribution in [0.3, 0.4) is 0 Å². The predicted octanol–water partition coefficient (Wildman–Crippen LogP) is 1.99. The standard InChI is InChI=1S/C15H24N4O2/c1-2-3-4-9-16-14-8-7-13(18-19-14)15(20)17-11-12-6-5-10-21-12/h7-8,12H,2-6,9-11H2,1H3,(H,16,19)(H,17,20). The third-order valence-corrected chi connectivity index (χ3v) is 3.50. The molecule has 0 aromatic carbocycles. The first-order valence-corrected chi connectivity index (χ1v) is 7.77. The Labute approximate surface area is 125 Å². The van der Waals surface area contributed by atoms with E-state index in [1.807, 2.05) is 0 Å². The van der Waals surface area contributed by atoms with E-state index < -0.39 is 0 Å². The van der Waals surface area contributed by atoms with Crippen molar-refractivity contribution >= 4 is 11.7 Å². The molecule has 0 spiro atoms. The molecule has 21 heavy (non-hydrogen) atoms. The molecule has 116 valence electrons. The van der Waals surface area contributed by atoms with Gasteiger partial charge in [0.1, 0.15) is 5.82 Å². The van der Waals surface area contributed by atoms with Crippen LogP contribution in [0.25, 0.3) is 0 Å². The third-order valence-electron chi connectivity index (χ3n) is 3.50. The normalized spacial score (nSPS) is 17.7. The lowest BCUT2D eigenvalue weighted by atomic mass is 10.2. The highest BCUT2D eigenvalue weighted by atomic mass is 16.5. The fourth-order valence-corrected chi connectivity index (χ4v) is 2.24. The molecular weight excluding hydrogens is 268 g/mol. The second-order valence-corrected chi connectivity index (χ2v) is 5.28. The number of hydrogen-bond acceptors (Lipinski definition) is 5. The van der Waals surface area contributed by atoms with Crippen LogP contribution in [0.4, 0.5) is 5.82 Å². The van der Waals surface area contributed by atoms with Crippen LogP contribution in [0.5, 0.6) is 0 Å². The van der Waals surface area contributed by atoms with Gasteiger partial charge in [-0.05, 0) is 31.4 Å². The number of carbonyl (C=O) groups excluding carboxylic acids is 1. The van der Waals surface area contributed by atoms with Gasteiger partial charge in [0.05, 0.1) is 6.10 Å². The van der Waals surface area contributed by atoms with Crippen LogP contribution >= 0.6 is 0 Å². The van der Waals surface area contributed by atoms with Crippen molar-refractivity contribution in [3.63, 3.8) is 0 Å². The Hall–Kier alpha value is -1.69. The lowest BCUT2D eigenvalue weighted by Gasteiger charge is -2.10. The van der Waals surface area contributed by atoms with Crippen molar-refractivity contribution in [2.45, 2.75) is 45.1 Å². The molecule has 2 rings (SSSR count). The first-order valence-electron chi connectivity index (χ1n) is 7.77. The Morgan fingerprint density at radius 1 is 1.38 bits per heavy atom. The number of ether oxygens (including phenoxy) is 1. The van der Waals surface area contributed by atoms with Crippen molar-refractivity contribution in [2.24, 2.45) is 0 Å². The van der Waals surface area contributed by atoms with Crippen molar-refractivity contribution in [1.82, 2.24) is 15.5 Å². The molecule has 1 saturated heterocycles. The summed E-state index contributed by atoms with van der Waals surface area (Å²) in [6, 6.07) is 3.49. The highest BCUT2D eigenvalue weighted by Gasteiger charge is 2.17.